The predicted octanol–water partition coefficient (Wildman–Crippen LogP) is 1.17. The molecule has 1 aromatic carbocycles. The summed E-state index contributed by atoms with van der Waals surface area (Å²) in [4.78, 5) is 0. The van der Waals surface area contributed by atoms with E-state index in [1.54, 1.807) is 10.9 Å². The van der Waals surface area contributed by atoms with E-state index in [1.807, 2.05) is 25.2 Å². The van der Waals surface area contributed by atoms with Crippen LogP contribution >= 0.6 is 0 Å². The number of nitrogens with two attached hydrogens (primary N) is 1. The standard InChI is InChI=1S/C11H14N4/c1-8-5-3-4-6-9(8)11(12)10-7-13-14-15(10)2/h3-7,11H,12H2,1-2H3. The van der Waals surface area contributed by atoms with Gasteiger partial charge < -0.3 is 5.73 Å². The number of benzene rings is 1. The molecule has 0 amide bonds. The van der Waals surface area contributed by atoms with Gasteiger partial charge in [0.2, 0.25) is 0 Å². The third-order valence-corrected chi connectivity index (χ3v) is 2.59. The van der Waals surface area contributed by atoms with E-state index in [1.165, 1.54) is 5.56 Å². The predicted molar refractivity (Wildman–Crippen MR) is 58.2 cm³/mol. The van der Waals surface area contributed by atoms with Crippen molar-refractivity contribution in [3.8, 4) is 0 Å². The summed E-state index contributed by atoms with van der Waals surface area (Å²) in [5.41, 5.74) is 9.38. The molecule has 78 valence electrons. The van der Waals surface area contributed by atoms with Crippen LogP contribution in [0.5, 0.6) is 0 Å². The van der Waals surface area contributed by atoms with Gasteiger partial charge >= 0.3 is 0 Å². The lowest BCUT2D eigenvalue weighted by Gasteiger charge is -2.13. The third-order valence-electron chi connectivity index (χ3n) is 2.59. The van der Waals surface area contributed by atoms with E-state index in [0.29, 0.717) is 0 Å². The fourth-order valence-electron chi connectivity index (χ4n) is 1.67. The van der Waals surface area contributed by atoms with Gasteiger partial charge in [-0.2, -0.15) is 0 Å². The average Bonchev–Trinajstić information content (AvgIpc) is 2.64. The largest absolute Gasteiger partial charge is 0.319 e. The Bertz CT molecular complexity index is 461. The molecule has 2 N–H and O–H groups in total. The van der Waals surface area contributed by atoms with Gasteiger partial charge in [0.25, 0.3) is 0 Å². The summed E-state index contributed by atoms with van der Waals surface area (Å²) in [5, 5.41) is 7.71. The molecule has 4 heteroatoms. The Morgan fingerprint density at radius 3 is 2.67 bits per heavy atom. The minimum Gasteiger partial charge on any atom is -0.319 e. The molecule has 1 heterocycles. The summed E-state index contributed by atoms with van der Waals surface area (Å²) < 4.78 is 1.71. The fraction of sp³-hybridized carbons (Fsp3) is 0.273. The molecular weight excluding hydrogens is 188 g/mol. The molecule has 2 aromatic rings. The van der Waals surface area contributed by atoms with E-state index in [-0.39, 0.29) is 6.04 Å². The highest BCUT2D eigenvalue weighted by atomic mass is 15.4. The Labute approximate surface area is 88.7 Å². The Balaban J connectivity index is 2.41. The minimum atomic E-state index is -0.161. The van der Waals surface area contributed by atoms with Crippen LogP contribution in [0.25, 0.3) is 0 Å². The smallest absolute Gasteiger partial charge is 0.0796 e. The first-order valence-electron chi connectivity index (χ1n) is 4.86. The Morgan fingerprint density at radius 1 is 1.33 bits per heavy atom. The summed E-state index contributed by atoms with van der Waals surface area (Å²) in [7, 11) is 1.85. The van der Waals surface area contributed by atoms with Crippen molar-refractivity contribution in [3.05, 3.63) is 47.3 Å². The lowest BCUT2D eigenvalue weighted by atomic mass is 10.00. The van der Waals surface area contributed by atoms with Gasteiger partial charge in [0, 0.05) is 7.05 Å². The highest BCUT2D eigenvalue weighted by Crippen LogP contribution is 2.20. The van der Waals surface area contributed by atoms with Crippen LogP contribution in [0.4, 0.5) is 0 Å². The van der Waals surface area contributed by atoms with Crippen molar-refractivity contribution in [2.45, 2.75) is 13.0 Å². The molecular formula is C11H14N4. The summed E-state index contributed by atoms with van der Waals surface area (Å²) in [6.45, 7) is 2.05. The summed E-state index contributed by atoms with van der Waals surface area (Å²) in [5.74, 6) is 0. The van der Waals surface area contributed by atoms with Crippen molar-refractivity contribution >= 4 is 0 Å². The SMILES string of the molecule is Cc1ccccc1C(N)c1cnnn1C. The van der Waals surface area contributed by atoms with Crippen molar-refractivity contribution < 1.29 is 0 Å². The van der Waals surface area contributed by atoms with Gasteiger partial charge in [-0.1, -0.05) is 29.5 Å². The number of aromatic nitrogens is 3. The molecule has 1 unspecified atom stereocenters. The van der Waals surface area contributed by atoms with Crippen LogP contribution in [0.3, 0.4) is 0 Å². The fourth-order valence-corrected chi connectivity index (χ4v) is 1.67. The first-order chi connectivity index (χ1) is 7.20. The second-order valence-corrected chi connectivity index (χ2v) is 3.62. The molecule has 0 aliphatic carbocycles. The Kier molecular flexibility index (Phi) is 2.51. The second-order valence-electron chi connectivity index (χ2n) is 3.62. The van der Waals surface area contributed by atoms with Gasteiger partial charge in [-0.25, -0.2) is 0 Å². The van der Waals surface area contributed by atoms with Crippen molar-refractivity contribution in [2.75, 3.05) is 0 Å². The average molecular weight is 202 g/mol. The summed E-state index contributed by atoms with van der Waals surface area (Å²) >= 11 is 0. The van der Waals surface area contributed by atoms with E-state index < -0.39 is 0 Å². The van der Waals surface area contributed by atoms with Gasteiger partial charge in [-0.15, -0.1) is 5.10 Å². The monoisotopic (exact) mass is 202 g/mol. The van der Waals surface area contributed by atoms with E-state index in [2.05, 4.69) is 23.3 Å². The summed E-state index contributed by atoms with van der Waals surface area (Å²) in [6.07, 6.45) is 1.71. The molecule has 1 atom stereocenters. The topological polar surface area (TPSA) is 56.7 Å². The van der Waals surface area contributed by atoms with Crippen molar-refractivity contribution in [2.24, 2.45) is 12.8 Å². The van der Waals surface area contributed by atoms with Gasteiger partial charge in [-0.05, 0) is 18.1 Å². The van der Waals surface area contributed by atoms with Crippen LogP contribution in [0.1, 0.15) is 22.9 Å². The zero-order valence-corrected chi connectivity index (χ0v) is 8.88. The number of nitrogens with zero attached hydrogens (tertiary/aromatic N) is 3. The van der Waals surface area contributed by atoms with E-state index in [4.69, 9.17) is 5.73 Å². The van der Waals surface area contributed by atoms with Crippen LogP contribution in [-0.4, -0.2) is 15.0 Å². The van der Waals surface area contributed by atoms with Crippen LogP contribution in [0, 0.1) is 6.92 Å². The maximum atomic E-state index is 6.16. The molecule has 0 radical (unpaired) electrons. The van der Waals surface area contributed by atoms with Crippen molar-refractivity contribution in [1.29, 1.82) is 0 Å². The van der Waals surface area contributed by atoms with E-state index in [0.717, 1.165) is 11.3 Å². The van der Waals surface area contributed by atoms with Gasteiger partial charge in [0.15, 0.2) is 0 Å². The molecule has 4 nitrogen and oxygen atoms in total. The highest BCUT2D eigenvalue weighted by Gasteiger charge is 2.14. The molecule has 0 saturated carbocycles. The maximum absolute atomic E-state index is 6.16. The molecule has 0 fully saturated rings. The van der Waals surface area contributed by atoms with Crippen molar-refractivity contribution in [3.63, 3.8) is 0 Å². The van der Waals surface area contributed by atoms with E-state index >= 15 is 0 Å². The normalized spacial score (nSPS) is 12.7. The van der Waals surface area contributed by atoms with Crippen LogP contribution in [-0.2, 0) is 7.05 Å². The van der Waals surface area contributed by atoms with E-state index in [9.17, 15) is 0 Å². The molecule has 1 aromatic heterocycles. The quantitative estimate of drug-likeness (QED) is 0.795. The third kappa shape index (κ3) is 1.76. The Morgan fingerprint density at radius 2 is 2.07 bits per heavy atom. The van der Waals surface area contributed by atoms with Gasteiger partial charge in [-0.3, -0.25) is 4.68 Å². The van der Waals surface area contributed by atoms with Crippen LogP contribution in [0.2, 0.25) is 0 Å². The second kappa shape index (κ2) is 3.82. The number of hydrogen-bond acceptors (Lipinski definition) is 3. The zero-order chi connectivity index (χ0) is 10.8. The van der Waals surface area contributed by atoms with Gasteiger partial charge in [0.1, 0.15) is 0 Å². The number of hydrogen-bond donors (Lipinski definition) is 1. The first-order valence-corrected chi connectivity index (χ1v) is 4.86. The lowest BCUT2D eigenvalue weighted by molar-refractivity contribution is 0.650. The zero-order valence-electron chi connectivity index (χ0n) is 8.88. The molecule has 0 aliphatic rings. The Hall–Kier alpha value is -1.68. The van der Waals surface area contributed by atoms with Gasteiger partial charge in [0.05, 0.1) is 17.9 Å². The molecule has 15 heavy (non-hydrogen) atoms. The first kappa shape index (κ1) is 9.86. The molecule has 0 saturated heterocycles. The van der Waals surface area contributed by atoms with Crippen LogP contribution in [0.15, 0.2) is 30.5 Å². The molecule has 2 rings (SSSR count). The number of aryl methyl sites for hydroxylation is 2. The van der Waals surface area contributed by atoms with Crippen LogP contribution < -0.4 is 5.73 Å². The van der Waals surface area contributed by atoms with Crippen molar-refractivity contribution in [1.82, 2.24) is 15.0 Å². The highest BCUT2D eigenvalue weighted by molar-refractivity contribution is 5.33. The number of rotatable bonds is 2. The maximum Gasteiger partial charge on any atom is 0.0796 e. The lowest BCUT2D eigenvalue weighted by Crippen LogP contribution is -2.16. The minimum absolute atomic E-state index is 0.161. The molecule has 0 bridgehead atoms. The summed E-state index contributed by atoms with van der Waals surface area (Å²) in [6, 6.07) is 7.93. The molecule has 0 aliphatic heterocycles. The molecule has 0 spiro atoms.